The highest BCUT2D eigenvalue weighted by Gasteiger charge is 2.28. The van der Waals surface area contributed by atoms with Gasteiger partial charge in [-0.2, -0.15) is 0 Å². The second-order valence-electron chi connectivity index (χ2n) is 9.21. The summed E-state index contributed by atoms with van der Waals surface area (Å²) in [6, 6.07) is 11.3. The average Bonchev–Trinajstić information content (AvgIpc) is 3.18. The lowest BCUT2D eigenvalue weighted by atomic mass is 10.0. The van der Waals surface area contributed by atoms with E-state index in [2.05, 4.69) is 34.4 Å². The molecule has 0 saturated heterocycles. The molecule has 0 fully saturated rings. The van der Waals surface area contributed by atoms with E-state index in [-0.39, 0.29) is 11.8 Å². The molecule has 2 aromatic heterocycles. The molecule has 0 saturated carbocycles. The van der Waals surface area contributed by atoms with Crippen LogP contribution < -0.4 is 10.6 Å². The molecule has 1 atom stereocenters. The third-order valence-corrected chi connectivity index (χ3v) is 6.06. The van der Waals surface area contributed by atoms with Gasteiger partial charge in [0.1, 0.15) is 11.9 Å². The van der Waals surface area contributed by atoms with Crippen molar-refractivity contribution < 1.29 is 14.3 Å². The Hall–Kier alpha value is -3.74. The number of hydrogen-bond donors (Lipinski definition) is 2. The number of hydrogen-bond acceptors (Lipinski definition) is 7. The van der Waals surface area contributed by atoms with Crippen LogP contribution in [0.1, 0.15) is 45.6 Å². The van der Waals surface area contributed by atoms with Gasteiger partial charge in [0.2, 0.25) is 0 Å². The van der Waals surface area contributed by atoms with Gasteiger partial charge in [-0.1, -0.05) is 26.0 Å². The number of carbonyl (C=O) groups excluding carboxylic acids is 2. The highest BCUT2D eigenvalue weighted by molar-refractivity contribution is 5.98. The molecule has 0 amide bonds. The van der Waals surface area contributed by atoms with E-state index in [4.69, 9.17) is 4.74 Å². The minimum Gasteiger partial charge on any atom is -0.464 e. The molecular formula is C28H32N4O3. The first-order valence-electron chi connectivity index (χ1n) is 12.2. The van der Waals surface area contributed by atoms with Crippen LogP contribution in [0.4, 0.5) is 11.5 Å². The van der Waals surface area contributed by atoms with E-state index < -0.39 is 6.04 Å². The molecule has 0 unspecified atom stereocenters. The number of pyridine rings is 2. The summed E-state index contributed by atoms with van der Waals surface area (Å²) in [5, 5.41) is 8.73. The van der Waals surface area contributed by atoms with Crippen molar-refractivity contribution in [2.45, 2.75) is 52.5 Å². The fraction of sp³-hybridized carbons (Fsp3) is 0.357. The van der Waals surface area contributed by atoms with Crippen LogP contribution in [0.15, 0.2) is 66.3 Å². The van der Waals surface area contributed by atoms with Crippen molar-refractivity contribution >= 4 is 34.0 Å². The first kappa shape index (κ1) is 24.4. The van der Waals surface area contributed by atoms with Gasteiger partial charge in [-0.3, -0.25) is 9.78 Å². The molecule has 2 heterocycles. The van der Waals surface area contributed by atoms with Gasteiger partial charge in [0.05, 0.1) is 6.61 Å². The number of allylic oxidation sites excluding steroid dienone is 2. The highest BCUT2D eigenvalue weighted by Crippen LogP contribution is 2.28. The maximum atomic E-state index is 12.8. The van der Waals surface area contributed by atoms with Crippen LogP contribution >= 0.6 is 0 Å². The minimum atomic E-state index is -0.553. The van der Waals surface area contributed by atoms with Crippen molar-refractivity contribution in [3.8, 4) is 0 Å². The van der Waals surface area contributed by atoms with E-state index >= 15 is 0 Å². The smallest absolute Gasteiger partial charge is 0.328 e. The number of ether oxygens (including phenoxy) is 1. The van der Waals surface area contributed by atoms with Crippen LogP contribution in [0, 0.1) is 5.92 Å². The number of Topliss-reactive ketones (excluding diaryl/α,β-unsaturated/α-hetero) is 1. The minimum absolute atomic E-state index is 0.177. The molecule has 0 bridgehead atoms. The van der Waals surface area contributed by atoms with Gasteiger partial charge >= 0.3 is 5.97 Å². The zero-order valence-corrected chi connectivity index (χ0v) is 20.5. The molecular weight excluding hydrogens is 440 g/mol. The van der Waals surface area contributed by atoms with Crippen molar-refractivity contribution in [1.82, 2.24) is 15.3 Å². The molecule has 1 aromatic carbocycles. The fourth-order valence-electron chi connectivity index (χ4n) is 4.37. The highest BCUT2D eigenvalue weighted by atomic mass is 16.5. The van der Waals surface area contributed by atoms with E-state index in [1.165, 1.54) is 0 Å². The molecule has 7 heteroatoms. The van der Waals surface area contributed by atoms with Crippen molar-refractivity contribution in [3.63, 3.8) is 0 Å². The first-order valence-corrected chi connectivity index (χ1v) is 12.2. The van der Waals surface area contributed by atoms with Gasteiger partial charge in [0.15, 0.2) is 5.78 Å². The molecule has 35 heavy (non-hydrogen) atoms. The number of benzene rings is 1. The zero-order valence-electron chi connectivity index (χ0n) is 20.5. The Morgan fingerprint density at radius 1 is 1.06 bits per heavy atom. The van der Waals surface area contributed by atoms with Gasteiger partial charge < -0.3 is 15.4 Å². The largest absolute Gasteiger partial charge is 0.464 e. The molecule has 182 valence electrons. The van der Waals surface area contributed by atoms with E-state index in [1.807, 2.05) is 36.4 Å². The fourth-order valence-corrected chi connectivity index (χ4v) is 4.37. The lowest BCUT2D eigenvalue weighted by molar-refractivity contribution is -0.145. The van der Waals surface area contributed by atoms with Crippen LogP contribution in [-0.2, 0) is 20.7 Å². The quantitative estimate of drug-likeness (QED) is 0.397. The summed E-state index contributed by atoms with van der Waals surface area (Å²) in [6.45, 7) is 6.30. The lowest BCUT2D eigenvalue weighted by Gasteiger charge is -2.21. The molecule has 0 radical (unpaired) electrons. The zero-order chi connectivity index (χ0) is 24.8. The van der Waals surface area contributed by atoms with Crippen molar-refractivity contribution in [2.75, 3.05) is 11.9 Å². The molecule has 7 nitrogen and oxygen atoms in total. The molecule has 0 aliphatic heterocycles. The van der Waals surface area contributed by atoms with Gasteiger partial charge in [-0.25, -0.2) is 9.78 Å². The summed E-state index contributed by atoms with van der Waals surface area (Å²) in [5.74, 6) is 0.983. The Morgan fingerprint density at radius 2 is 1.83 bits per heavy atom. The molecule has 4 rings (SSSR count). The standard InChI is InChI=1S/C28H32N4O3/c1-4-35-28(34)25(32-24-9-10-26(33)22(24)15-18(2)3)16-19-5-7-21(8-6-19)31-27-23-17-29-13-11-20(23)12-14-30-27/h5-8,11-14,17-18,25,32H,4,9-10,15-16H2,1-3H3,(H,30,31)/t25-/m0/s1. The Morgan fingerprint density at radius 3 is 2.57 bits per heavy atom. The van der Waals surface area contributed by atoms with Crippen molar-refractivity contribution in [1.29, 1.82) is 0 Å². The van der Waals surface area contributed by atoms with Gasteiger partial charge in [0.25, 0.3) is 0 Å². The Kier molecular flexibility index (Phi) is 7.75. The van der Waals surface area contributed by atoms with E-state index in [0.717, 1.165) is 45.5 Å². The summed E-state index contributed by atoms with van der Waals surface area (Å²) >= 11 is 0. The third kappa shape index (κ3) is 6.04. The number of carbonyl (C=O) groups is 2. The normalized spacial score (nSPS) is 14.5. The number of esters is 1. The lowest BCUT2D eigenvalue weighted by Crippen LogP contribution is -2.39. The average molecular weight is 473 g/mol. The van der Waals surface area contributed by atoms with Crippen LogP contribution in [0.3, 0.4) is 0 Å². The van der Waals surface area contributed by atoms with Crippen LogP contribution in [0.5, 0.6) is 0 Å². The van der Waals surface area contributed by atoms with Crippen molar-refractivity contribution in [2.24, 2.45) is 5.92 Å². The first-order chi connectivity index (χ1) is 16.9. The third-order valence-electron chi connectivity index (χ3n) is 6.06. The second kappa shape index (κ2) is 11.1. The van der Waals surface area contributed by atoms with Crippen LogP contribution in [0.25, 0.3) is 10.8 Å². The molecule has 1 aliphatic rings. The second-order valence-corrected chi connectivity index (χ2v) is 9.21. The number of nitrogens with one attached hydrogen (secondary N) is 2. The Bertz CT molecular complexity index is 1230. The van der Waals surface area contributed by atoms with Gasteiger partial charge in [-0.05, 0) is 60.9 Å². The number of ketones is 1. The van der Waals surface area contributed by atoms with Crippen LogP contribution in [-0.4, -0.2) is 34.4 Å². The Labute approximate surface area is 206 Å². The summed E-state index contributed by atoms with van der Waals surface area (Å²) in [4.78, 5) is 33.8. The Balaban J connectivity index is 1.50. The topological polar surface area (TPSA) is 93.2 Å². The van der Waals surface area contributed by atoms with E-state index in [0.29, 0.717) is 31.8 Å². The number of rotatable bonds is 10. The van der Waals surface area contributed by atoms with E-state index in [9.17, 15) is 9.59 Å². The van der Waals surface area contributed by atoms with E-state index in [1.54, 1.807) is 25.5 Å². The van der Waals surface area contributed by atoms with Gasteiger partial charge in [-0.15, -0.1) is 0 Å². The molecule has 0 spiro atoms. The number of nitrogens with zero attached hydrogens (tertiary/aromatic N) is 2. The number of aromatic nitrogens is 2. The molecule has 1 aliphatic carbocycles. The van der Waals surface area contributed by atoms with Crippen molar-refractivity contribution in [3.05, 3.63) is 71.8 Å². The SMILES string of the molecule is CCOC(=O)[C@H](Cc1ccc(Nc2nccc3ccncc23)cc1)NC1=C(CC(C)C)C(=O)CC1. The summed E-state index contributed by atoms with van der Waals surface area (Å²) in [5.41, 5.74) is 3.59. The number of fused-ring (bicyclic) bond motifs is 1. The molecule has 3 aromatic rings. The van der Waals surface area contributed by atoms with Crippen LogP contribution in [0.2, 0.25) is 0 Å². The number of anilines is 2. The predicted octanol–water partition coefficient (Wildman–Crippen LogP) is 5.10. The summed E-state index contributed by atoms with van der Waals surface area (Å²) in [7, 11) is 0. The summed E-state index contributed by atoms with van der Waals surface area (Å²) in [6.07, 6.45) is 7.65. The molecule has 2 N–H and O–H groups in total. The predicted molar refractivity (Wildman–Crippen MR) is 137 cm³/mol. The monoisotopic (exact) mass is 472 g/mol. The summed E-state index contributed by atoms with van der Waals surface area (Å²) < 4.78 is 5.34. The maximum absolute atomic E-state index is 12.8. The maximum Gasteiger partial charge on any atom is 0.328 e. The van der Waals surface area contributed by atoms with Gasteiger partial charge in [0, 0.05) is 53.8 Å².